The van der Waals surface area contributed by atoms with Crippen LogP contribution in [0, 0.1) is 17.1 Å². The van der Waals surface area contributed by atoms with Crippen LogP contribution in [0.15, 0.2) is 42.5 Å². The molecule has 3 nitrogen and oxygen atoms in total. The number of rotatable bonds is 5. The van der Waals surface area contributed by atoms with E-state index in [9.17, 15) is 9.50 Å². The van der Waals surface area contributed by atoms with Crippen LogP contribution in [-0.2, 0) is 13.0 Å². The Balaban J connectivity index is 2.01. The van der Waals surface area contributed by atoms with Crippen molar-refractivity contribution in [2.24, 2.45) is 0 Å². The Bertz CT molecular complexity index is 645. The van der Waals surface area contributed by atoms with Crippen LogP contribution in [0.25, 0.3) is 0 Å². The fourth-order valence-electron chi connectivity index (χ4n) is 1.98. The zero-order chi connectivity index (χ0) is 15.2. The standard InChI is InChI=1S/C17H16FNO2/c1-12(20)8-13-2-5-16(6-3-13)21-11-15-9-14(10-19)4-7-17(15)18/h2-7,9,12,20H,8,11H2,1H3. The molecule has 108 valence electrons. The van der Waals surface area contributed by atoms with Crippen LogP contribution >= 0.6 is 0 Å². The van der Waals surface area contributed by atoms with Gasteiger partial charge in [-0.3, -0.25) is 0 Å². The van der Waals surface area contributed by atoms with Crippen LogP contribution in [0.3, 0.4) is 0 Å². The van der Waals surface area contributed by atoms with Gasteiger partial charge in [-0.25, -0.2) is 4.39 Å². The van der Waals surface area contributed by atoms with E-state index in [1.807, 2.05) is 18.2 Å². The number of halogens is 1. The number of benzene rings is 2. The van der Waals surface area contributed by atoms with E-state index in [2.05, 4.69) is 0 Å². The Morgan fingerprint density at radius 1 is 1.24 bits per heavy atom. The Morgan fingerprint density at radius 3 is 2.57 bits per heavy atom. The lowest BCUT2D eigenvalue weighted by Crippen LogP contribution is -2.04. The molecule has 1 N–H and O–H groups in total. The Morgan fingerprint density at radius 2 is 1.95 bits per heavy atom. The van der Waals surface area contributed by atoms with Crippen LogP contribution in [0.4, 0.5) is 4.39 Å². The fraction of sp³-hybridized carbons (Fsp3) is 0.235. The molecule has 0 saturated heterocycles. The molecule has 0 heterocycles. The lowest BCUT2D eigenvalue weighted by Gasteiger charge is -2.09. The number of hydrogen-bond donors (Lipinski definition) is 1. The predicted molar refractivity (Wildman–Crippen MR) is 77.3 cm³/mol. The van der Waals surface area contributed by atoms with Gasteiger partial charge in [0.2, 0.25) is 0 Å². The molecule has 0 aliphatic carbocycles. The summed E-state index contributed by atoms with van der Waals surface area (Å²) in [6, 6.07) is 13.5. The molecule has 0 aromatic heterocycles. The maximum absolute atomic E-state index is 13.6. The third kappa shape index (κ3) is 4.30. The van der Waals surface area contributed by atoms with Gasteiger partial charge in [0.15, 0.2) is 0 Å². The molecule has 0 radical (unpaired) electrons. The van der Waals surface area contributed by atoms with Crippen molar-refractivity contribution in [1.29, 1.82) is 5.26 Å². The van der Waals surface area contributed by atoms with Crippen molar-refractivity contribution in [3.05, 3.63) is 65.0 Å². The van der Waals surface area contributed by atoms with Gasteiger partial charge in [0.1, 0.15) is 18.2 Å². The van der Waals surface area contributed by atoms with Crippen molar-refractivity contribution in [3.8, 4) is 11.8 Å². The summed E-state index contributed by atoms with van der Waals surface area (Å²) >= 11 is 0. The highest BCUT2D eigenvalue weighted by Crippen LogP contribution is 2.17. The largest absolute Gasteiger partial charge is 0.489 e. The molecule has 21 heavy (non-hydrogen) atoms. The maximum Gasteiger partial charge on any atom is 0.129 e. The molecule has 1 atom stereocenters. The van der Waals surface area contributed by atoms with Gasteiger partial charge >= 0.3 is 0 Å². The highest BCUT2D eigenvalue weighted by molar-refractivity contribution is 5.34. The minimum atomic E-state index is -0.389. The van der Waals surface area contributed by atoms with E-state index < -0.39 is 0 Å². The van der Waals surface area contributed by atoms with Crippen LogP contribution in [0.1, 0.15) is 23.6 Å². The number of hydrogen-bond acceptors (Lipinski definition) is 3. The van der Waals surface area contributed by atoms with Crippen molar-refractivity contribution >= 4 is 0 Å². The van der Waals surface area contributed by atoms with E-state index in [1.165, 1.54) is 18.2 Å². The second kappa shape index (κ2) is 6.87. The van der Waals surface area contributed by atoms with Crippen molar-refractivity contribution in [2.45, 2.75) is 26.1 Å². The summed E-state index contributed by atoms with van der Waals surface area (Å²) in [6.45, 7) is 1.80. The first-order valence-electron chi connectivity index (χ1n) is 6.67. The summed E-state index contributed by atoms with van der Waals surface area (Å²) in [6.07, 6.45) is 0.193. The molecule has 0 aliphatic rings. The molecule has 2 aromatic rings. The molecule has 0 aliphatic heterocycles. The monoisotopic (exact) mass is 285 g/mol. The molecular weight excluding hydrogens is 269 g/mol. The van der Waals surface area contributed by atoms with Gasteiger partial charge in [-0.15, -0.1) is 0 Å². The van der Waals surface area contributed by atoms with E-state index in [0.717, 1.165) is 5.56 Å². The highest BCUT2D eigenvalue weighted by Gasteiger charge is 2.05. The summed E-state index contributed by atoms with van der Waals surface area (Å²) in [5.41, 5.74) is 1.76. The third-order valence-corrected chi connectivity index (χ3v) is 3.02. The zero-order valence-electron chi connectivity index (χ0n) is 11.7. The molecule has 0 spiro atoms. The van der Waals surface area contributed by atoms with Gasteiger partial charge in [-0.2, -0.15) is 5.26 Å². The summed E-state index contributed by atoms with van der Waals surface area (Å²) in [4.78, 5) is 0. The van der Waals surface area contributed by atoms with Gasteiger partial charge in [-0.1, -0.05) is 12.1 Å². The topological polar surface area (TPSA) is 53.2 Å². The van der Waals surface area contributed by atoms with E-state index in [0.29, 0.717) is 23.3 Å². The number of aliphatic hydroxyl groups is 1. The third-order valence-electron chi connectivity index (χ3n) is 3.02. The molecule has 0 amide bonds. The molecule has 4 heteroatoms. The van der Waals surface area contributed by atoms with Gasteiger partial charge in [0, 0.05) is 5.56 Å². The zero-order valence-corrected chi connectivity index (χ0v) is 11.7. The number of aliphatic hydroxyl groups excluding tert-OH is 1. The lowest BCUT2D eigenvalue weighted by molar-refractivity contribution is 0.195. The smallest absolute Gasteiger partial charge is 0.129 e. The van der Waals surface area contributed by atoms with Crippen LogP contribution in [0.2, 0.25) is 0 Å². The van der Waals surface area contributed by atoms with Crippen molar-refractivity contribution in [2.75, 3.05) is 0 Å². The Kier molecular flexibility index (Phi) is 4.91. The minimum absolute atomic E-state index is 0.0666. The van der Waals surface area contributed by atoms with Gasteiger partial charge in [0.05, 0.1) is 17.7 Å². The SMILES string of the molecule is CC(O)Cc1ccc(OCc2cc(C#N)ccc2F)cc1. The second-order valence-corrected chi connectivity index (χ2v) is 4.90. The molecule has 1 unspecified atom stereocenters. The van der Waals surface area contributed by atoms with Gasteiger partial charge < -0.3 is 9.84 Å². The Hall–Kier alpha value is -2.38. The highest BCUT2D eigenvalue weighted by atomic mass is 19.1. The van der Waals surface area contributed by atoms with Crippen LogP contribution < -0.4 is 4.74 Å². The Labute approximate surface area is 123 Å². The van der Waals surface area contributed by atoms with Crippen LogP contribution in [0.5, 0.6) is 5.75 Å². The van der Waals surface area contributed by atoms with Crippen LogP contribution in [-0.4, -0.2) is 11.2 Å². The predicted octanol–water partition coefficient (Wildman–Crippen LogP) is 3.20. The van der Waals surface area contributed by atoms with E-state index >= 15 is 0 Å². The first-order valence-corrected chi connectivity index (χ1v) is 6.67. The van der Waals surface area contributed by atoms with Crippen molar-refractivity contribution in [1.82, 2.24) is 0 Å². The summed E-state index contributed by atoms with van der Waals surface area (Å²) < 4.78 is 19.1. The van der Waals surface area contributed by atoms with Gasteiger partial charge in [-0.05, 0) is 49.2 Å². The average Bonchev–Trinajstić information content (AvgIpc) is 2.47. The maximum atomic E-state index is 13.6. The second-order valence-electron chi connectivity index (χ2n) is 4.90. The molecule has 0 saturated carbocycles. The summed E-state index contributed by atoms with van der Waals surface area (Å²) in [5.74, 6) is 0.228. The van der Waals surface area contributed by atoms with E-state index in [4.69, 9.17) is 10.00 Å². The van der Waals surface area contributed by atoms with Gasteiger partial charge in [0.25, 0.3) is 0 Å². The number of nitriles is 1. The normalized spacial score (nSPS) is 11.7. The lowest BCUT2D eigenvalue weighted by atomic mass is 10.1. The molecular formula is C17H16FNO2. The first kappa shape index (κ1) is 15.0. The first-order chi connectivity index (χ1) is 10.1. The fourth-order valence-corrected chi connectivity index (χ4v) is 1.98. The van der Waals surface area contributed by atoms with Crippen molar-refractivity contribution < 1.29 is 14.2 Å². The quantitative estimate of drug-likeness (QED) is 0.917. The van der Waals surface area contributed by atoms with E-state index in [-0.39, 0.29) is 18.5 Å². The van der Waals surface area contributed by atoms with E-state index in [1.54, 1.807) is 19.1 Å². The van der Waals surface area contributed by atoms with Crippen molar-refractivity contribution in [3.63, 3.8) is 0 Å². The molecule has 2 rings (SSSR count). The molecule has 0 bridgehead atoms. The number of ether oxygens (including phenoxy) is 1. The summed E-state index contributed by atoms with van der Waals surface area (Å²) in [5, 5.41) is 18.1. The minimum Gasteiger partial charge on any atom is -0.489 e. The average molecular weight is 285 g/mol. The summed E-state index contributed by atoms with van der Waals surface area (Å²) in [7, 11) is 0. The number of nitrogens with zero attached hydrogens (tertiary/aromatic N) is 1. The molecule has 0 fully saturated rings. The molecule has 2 aromatic carbocycles.